The van der Waals surface area contributed by atoms with Crippen molar-refractivity contribution in [3.8, 4) is 11.5 Å². The molecule has 25 heavy (non-hydrogen) atoms. The number of rotatable bonds is 6. The maximum atomic E-state index is 10.1. The Hall–Kier alpha value is -2.32. The Morgan fingerprint density at radius 1 is 1.36 bits per heavy atom. The van der Waals surface area contributed by atoms with Gasteiger partial charge in [-0.3, -0.25) is 9.98 Å². The smallest absolute Gasteiger partial charge is 0.224 e. The molecule has 1 fully saturated rings. The molecule has 8 nitrogen and oxygen atoms in total. The Morgan fingerprint density at radius 3 is 2.92 bits per heavy atom. The summed E-state index contributed by atoms with van der Waals surface area (Å²) >= 11 is 0. The Balaban J connectivity index is 1.61. The van der Waals surface area contributed by atoms with Gasteiger partial charge in [-0.25, -0.2) is 4.98 Å². The lowest BCUT2D eigenvalue weighted by Crippen LogP contribution is -2.43. The summed E-state index contributed by atoms with van der Waals surface area (Å²) in [6, 6.07) is 3.76. The van der Waals surface area contributed by atoms with Crippen molar-refractivity contribution in [3.05, 3.63) is 17.8 Å². The first-order chi connectivity index (χ1) is 12.2. The maximum Gasteiger partial charge on any atom is 0.224 e. The number of fused-ring (bicyclic) bond motifs is 3. The van der Waals surface area contributed by atoms with Crippen LogP contribution in [0.15, 0.2) is 12.1 Å². The predicted molar refractivity (Wildman–Crippen MR) is 93.2 cm³/mol. The fourth-order valence-corrected chi connectivity index (χ4v) is 3.38. The number of hydrogen-bond acceptors (Lipinski definition) is 7. The summed E-state index contributed by atoms with van der Waals surface area (Å²) in [6.07, 6.45) is 0.654. The van der Waals surface area contributed by atoms with Crippen molar-refractivity contribution in [1.29, 1.82) is 5.41 Å². The number of hydrogen-bond donors (Lipinski definition) is 3. The molecule has 0 amide bonds. The molecule has 0 unspecified atom stereocenters. The minimum absolute atomic E-state index is 0.195. The molecule has 4 rings (SSSR count). The average molecular weight is 345 g/mol. The summed E-state index contributed by atoms with van der Waals surface area (Å²) in [5.41, 5.74) is 0.795. The largest absolute Gasteiger partial charge is 0.491 e. The van der Waals surface area contributed by atoms with Crippen LogP contribution in [0.3, 0.4) is 0 Å². The summed E-state index contributed by atoms with van der Waals surface area (Å²) in [5, 5.41) is 22.5. The van der Waals surface area contributed by atoms with E-state index in [9.17, 15) is 5.11 Å². The molecule has 0 bridgehead atoms. The Kier molecular flexibility index (Phi) is 4.22. The van der Waals surface area contributed by atoms with Crippen molar-refractivity contribution >= 4 is 16.7 Å². The molecule has 2 aromatic rings. The van der Waals surface area contributed by atoms with Crippen LogP contribution < -0.4 is 20.4 Å². The molecular weight excluding hydrogens is 322 g/mol. The molecule has 1 aromatic carbocycles. The molecule has 0 saturated carbocycles. The van der Waals surface area contributed by atoms with Crippen LogP contribution in [0.25, 0.3) is 10.9 Å². The fraction of sp³-hybridized carbons (Fsp3) is 0.529. The molecule has 3 heterocycles. The minimum Gasteiger partial charge on any atom is -0.491 e. The van der Waals surface area contributed by atoms with E-state index in [4.69, 9.17) is 14.9 Å². The SMILES string of the molecule is COc1c(OC[C@H](O)CN2CCC2)ccc2c3n(c(=N)nc12)CCN3. The zero-order valence-electron chi connectivity index (χ0n) is 14.3. The Labute approximate surface area is 145 Å². The highest BCUT2D eigenvalue weighted by atomic mass is 16.5. The van der Waals surface area contributed by atoms with E-state index in [2.05, 4.69) is 15.2 Å². The quantitative estimate of drug-likeness (QED) is 0.701. The molecule has 2 aliphatic heterocycles. The third-order valence-electron chi connectivity index (χ3n) is 4.77. The zero-order valence-corrected chi connectivity index (χ0v) is 14.3. The van der Waals surface area contributed by atoms with Gasteiger partial charge >= 0.3 is 0 Å². The van der Waals surface area contributed by atoms with Crippen molar-refractivity contribution < 1.29 is 14.6 Å². The average Bonchev–Trinajstić information content (AvgIpc) is 3.06. The lowest BCUT2D eigenvalue weighted by molar-refractivity contribution is 0.0461. The number of nitrogens with one attached hydrogen (secondary N) is 2. The van der Waals surface area contributed by atoms with Crippen LogP contribution in [0.4, 0.5) is 5.82 Å². The van der Waals surface area contributed by atoms with Gasteiger partial charge in [0, 0.05) is 25.0 Å². The zero-order chi connectivity index (χ0) is 17.4. The van der Waals surface area contributed by atoms with Crippen LogP contribution in [-0.2, 0) is 6.54 Å². The molecule has 3 N–H and O–H groups in total. The van der Waals surface area contributed by atoms with E-state index < -0.39 is 6.10 Å². The van der Waals surface area contributed by atoms with Crippen molar-refractivity contribution in [3.63, 3.8) is 0 Å². The van der Waals surface area contributed by atoms with Crippen molar-refractivity contribution in [2.24, 2.45) is 0 Å². The topological polar surface area (TPSA) is 95.6 Å². The van der Waals surface area contributed by atoms with E-state index in [1.165, 1.54) is 6.42 Å². The summed E-state index contributed by atoms with van der Waals surface area (Å²) in [5.74, 6) is 1.92. The lowest BCUT2D eigenvalue weighted by atomic mass is 10.2. The monoisotopic (exact) mass is 345 g/mol. The highest BCUT2D eigenvalue weighted by Gasteiger charge is 2.21. The van der Waals surface area contributed by atoms with Crippen molar-refractivity contribution in [2.75, 3.05) is 45.2 Å². The fourth-order valence-electron chi connectivity index (χ4n) is 3.38. The normalized spacial score (nSPS) is 17.7. The van der Waals surface area contributed by atoms with Crippen LogP contribution in [0.5, 0.6) is 11.5 Å². The molecule has 1 saturated heterocycles. The van der Waals surface area contributed by atoms with E-state index >= 15 is 0 Å². The number of likely N-dealkylation sites (tertiary alicyclic amines) is 1. The van der Waals surface area contributed by atoms with Crippen molar-refractivity contribution in [1.82, 2.24) is 14.5 Å². The van der Waals surface area contributed by atoms with Gasteiger partial charge in [0.2, 0.25) is 5.62 Å². The Bertz CT molecular complexity index is 846. The molecular formula is C17H23N5O3. The van der Waals surface area contributed by atoms with Gasteiger partial charge in [-0.2, -0.15) is 0 Å². The van der Waals surface area contributed by atoms with Gasteiger partial charge in [-0.15, -0.1) is 0 Å². The second-order valence-electron chi connectivity index (χ2n) is 6.47. The molecule has 1 aromatic heterocycles. The number of anilines is 1. The molecule has 0 aliphatic carbocycles. The van der Waals surface area contributed by atoms with Crippen LogP contribution in [0.1, 0.15) is 6.42 Å². The molecule has 2 aliphatic rings. The molecule has 8 heteroatoms. The van der Waals surface area contributed by atoms with E-state index in [1.54, 1.807) is 7.11 Å². The minimum atomic E-state index is -0.544. The maximum absolute atomic E-state index is 10.1. The van der Waals surface area contributed by atoms with E-state index in [1.807, 2.05) is 16.7 Å². The number of methoxy groups -OCH3 is 1. The van der Waals surface area contributed by atoms with E-state index in [-0.39, 0.29) is 12.2 Å². The number of benzene rings is 1. The van der Waals surface area contributed by atoms with Gasteiger partial charge in [-0.1, -0.05) is 0 Å². The van der Waals surface area contributed by atoms with Crippen LogP contribution in [0.2, 0.25) is 0 Å². The van der Waals surface area contributed by atoms with Gasteiger partial charge in [0.25, 0.3) is 0 Å². The summed E-state index contributed by atoms with van der Waals surface area (Å²) < 4.78 is 13.2. The van der Waals surface area contributed by atoms with Gasteiger partial charge < -0.3 is 24.8 Å². The Morgan fingerprint density at radius 2 is 2.20 bits per heavy atom. The summed E-state index contributed by atoms with van der Waals surface area (Å²) in [6.45, 7) is 4.43. The molecule has 1 atom stereocenters. The molecule has 0 spiro atoms. The van der Waals surface area contributed by atoms with Gasteiger partial charge in [-0.05, 0) is 31.6 Å². The van der Waals surface area contributed by atoms with Gasteiger partial charge in [0.05, 0.1) is 7.11 Å². The van der Waals surface area contributed by atoms with Gasteiger partial charge in [0.1, 0.15) is 24.0 Å². The molecule has 134 valence electrons. The first-order valence-electron chi connectivity index (χ1n) is 8.60. The lowest BCUT2D eigenvalue weighted by Gasteiger charge is -2.32. The van der Waals surface area contributed by atoms with Crippen LogP contribution in [-0.4, -0.2) is 65.6 Å². The predicted octanol–water partition coefficient (Wildman–Crippen LogP) is 0.395. The summed E-state index contributed by atoms with van der Waals surface area (Å²) in [7, 11) is 1.57. The first kappa shape index (κ1) is 16.2. The second kappa shape index (κ2) is 6.53. The first-order valence-corrected chi connectivity index (χ1v) is 8.60. The number of ether oxygens (including phenoxy) is 2. The van der Waals surface area contributed by atoms with E-state index in [0.717, 1.165) is 37.4 Å². The third kappa shape index (κ3) is 2.91. The number of aromatic nitrogens is 2. The van der Waals surface area contributed by atoms with Crippen molar-refractivity contribution in [2.45, 2.75) is 19.1 Å². The highest BCUT2D eigenvalue weighted by molar-refractivity contribution is 5.95. The number of β-amino-alcohol motifs (C(OH)–C–C–N with tert-alkyl or cyclic N) is 1. The van der Waals surface area contributed by atoms with Crippen LogP contribution >= 0.6 is 0 Å². The summed E-state index contributed by atoms with van der Waals surface area (Å²) in [4.78, 5) is 6.59. The van der Waals surface area contributed by atoms with Gasteiger partial charge in [0.15, 0.2) is 11.5 Å². The second-order valence-corrected chi connectivity index (χ2v) is 6.47. The highest BCUT2D eigenvalue weighted by Crippen LogP contribution is 2.37. The molecule has 0 radical (unpaired) electrons. The van der Waals surface area contributed by atoms with E-state index in [0.29, 0.717) is 23.6 Å². The number of nitrogens with zero attached hydrogens (tertiary/aromatic N) is 3. The number of aliphatic hydroxyl groups is 1. The number of aliphatic hydroxyl groups excluding tert-OH is 1. The third-order valence-corrected chi connectivity index (χ3v) is 4.77. The standard InChI is InChI=1S/C17H23N5O3/c1-24-15-13(25-10-11(23)9-21-6-2-7-21)4-3-12-14(15)20-17(18)22-8-5-19-16(12)22/h3-4,11,18-19,23H,2,5-10H2,1H3/t11-/m1/s1. The van der Waals surface area contributed by atoms with Crippen LogP contribution in [0, 0.1) is 5.41 Å².